The van der Waals surface area contributed by atoms with Crippen LogP contribution in [0.15, 0.2) is 35.7 Å². The predicted octanol–water partition coefficient (Wildman–Crippen LogP) is 1.76. The molecule has 0 radical (unpaired) electrons. The van der Waals surface area contributed by atoms with Gasteiger partial charge >= 0.3 is 0 Å². The van der Waals surface area contributed by atoms with Crippen molar-refractivity contribution in [2.24, 2.45) is 0 Å². The van der Waals surface area contributed by atoms with Gasteiger partial charge in [-0.2, -0.15) is 0 Å². The largest absolute Gasteiger partial charge is 0.323 e. The van der Waals surface area contributed by atoms with Crippen molar-refractivity contribution in [1.29, 1.82) is 0 Å². The topological polar surface area (TPSA) is 80.1 Å². The fraction of sp³-hybridized carbons (Fsp3) is 0.333. The number of carbonyl (C=O) groups excluding carboxylic acids is 2. The molecule has 7 nitrogen and oxygen atoms in total. The Labute approximate surface area is 138 Å². The third-order valence-corrected chi connectivity index (χ3v) is 4.67. The highest BCUT2D eigenvalue weighted by Crippen LogP contribution is 2.31. The Morgan fingerprint density at radius 2 is 2.22 bits per heavy atom. The number of aryl methyl sites for hydroxylation is 1. The lowest BCUT2D eigenvalue weighted by molar-refractivity contribution is -0.121. The van der Waals surface area contributed by atoms with E-state index in [0.717, 1.165) is 12.2 Å². The van der Waals surface area contributed by atoms with Gasteiger partial charge in [0.05, 0.1) is 16.6 Å². The predicted molar refractivity (Wildman–Crippen MR) is 88.4 cm³/mol. The molecule has 1 aromatic heterocycles. The van der Waals surface area contributed by atoms with Crippen LogP contribution in [-0.2, 0) is 16.1 Å². The lowest BCUT2D eigenvalue weighted by Gasteiger charge is -2.30. The first-order valence-electron chi connectivity index (χ1n) is 7.35. The second kappa shape index (κ2) is 6.41. The molecule has 0 fully saturated rings. The van der Waals surface area contributed by atoms with Gasteiger partial charge in [-0.15, -0.1) is 10.2 Å². The van der Waals surface area contributed by atoms with E-state index in [-0.39, 0.29) is 23.6 Å². The number of fused-ring (bicyclic) bond motifs is 1. The Morgan fingerprint density at radius 3 is 3.00 bits per heavy atom. The zero-order valence-corrected chi connectivity index (χ0v) is 13.7. The summed E-state index contributed by atoms with van der Waals surface area (Å²) in [6.07, 6.45) is 1.64. The van der Waals surface area contributed by atoms with Gasteiger partial charge in [-0.1, -0.05) is 23.9 Å². The first kappa shape index (κ1) is 15.5. The van der Waals surface area contributed by atoms with E-state index in [0.29, 0.717) is 10.8 Å². The quantitative estimate of drug-likeness (QED) is 0.864. The van der Waals surface area contributed by atoms with E-state index < -0.39 is 0 Å². The molecular weight excluding hydrogens is 314 g/mol. The lowest BCUT2D eigenvalue weighted by Crippen LogP contribution is -2.45. The SMILES string of the molecule is CCn1cnnc1S[C@@H](C)C(=O)N1CC(=O)Nc2ccccc21. The van der Waals surface area contributed by atoms with Crippen molar-refractivity contribution in [2.45, 2.75) is 30.8 Å². The van der Waals surface area contributed by atoms with E-state index in [1.165, 1.54) is 16.7 Å². The minimum absolute atomic E-state index is 0.0290. The molecular formula is C15H17N5O2S. The molecule has 1 N–H and O–H groups in total. The Kier molecular flexibility index (Phi) is 4.33. The molecule has 1 aromatic carbocycles. The molecule has 0 aliphatic carbocycles. The molecule has 0 bridgehead atoms. The van der Waals surface area contributed by atoms with Crippen LogP contribution in [0, 0.1) is 0 Å². The molecule has 1 aliphatic heterocycles. The van der Waals surface area contributed by atoms with Gasteiger partial charge in [0.2, 0.25) is 11.8 Å². The smallest absolute Gasteiger partial charge is 0.244 e. The third kappa shape index (κ3) is 3.07. The van der Waals surface area contributed by atoms with Crippen LogP contribution in [0.1, 0.15) is 13.8 Å². The summed E-state index contributed by atoms with van der Waals surface area (Å²) in [6, 6.07) is 7.30. The third-order valence-electron chi connectivity index (χ3n) is 3.59. The van der Waals surface area contributed by atoms with Gasteiger partial charge in [0, 0.05) is 6.54 Å². The van der Waals surface area contributed by atoms with E-state index in [9.17, 15) is 9.59 Å². The van der Waals surface area contributed by atoms with Crippen LogP contribution in [0.2, 0.25) is 0 Å². The number of para-hydroxylation sites is 2. The molecule has 1 aliphatic rings. The van der Waals surface area contributed by atoms with Gasteiger partial charge in [0.1, 0.15) is 12.9 Å². The van der Waals surface area contributed by atoms with Crippen LogP contribution < -0.4 is 10.2 Å². The Balaban J connectivity index is 1.81. The van der Waals surface area contributed by atoms with Crippen molar-refractivity contribution in [3.05, 3.63) is 30.6 Å². The fourth-order valence-corrected chi connectivity index (χ4v) is 3.36. The minimum Gasteiger partial charge on any atom is -0.323 e. The molecule has 8 heteroatoms. The number of rotatable bonds is 4. The summed E-state index contributed by atoms with van der Waals surface area (Å²) >= 11 is 1.35. The first-order chi connectivity index (χ1) is 11.1. The molecule has 23 heavy (non-hydrogen) atoms. The molecule has 1 atom stereocenters. The number of nitrogens with one attached hydrogen (secondary N) is 1. The lowest BCUT2D eigenvalue weighted by atomic mass is 10.2. The number of benzene rings is 1. The molecule has 0 unspecified atom stereocenters. The number of anilines is 2. The second-order valence-electron chi connectivity index (χ2n) is 5.15. The van der Waals surface area contributed by atoms with E-state index in [2.05, 4.69) is 15.5 Å². The highest BCUT2D eigenvalue weighted by atomic mass is 32.2. The van der Waals surface area contributed by atoms with Crippen molar-refractivity contribution in [1.82, 2.24) is 14.8 Å². The van der Waals surface area contributed by atoms with Crippen LogP contribution in [-0.4, -0.2) is 38.4 Å². The molecule has 0 saturated carbocycles. The van der Waals surface area contributed by atoms with Crippen molar-refractivity contribution in [3.8, 4) is 0 Å². The monoisotopic (exact) mass is 331 g/mol. The van der Waals surface area contributed by atoms with Gasteiger partial charge in [0.15, 0.2) is 5.16 Å². The number of amides is 2. The van der Waals surface area contributed by atoms with E-state index in [1.807, 2.05) is 36.6 Å². The van der Waals surface area contributed by atoms with Gasteiger partial charge < -0.3 is 9.88 Å². The average molecular weight is 331 g/mol. The number of carbonyl (C=O) groups is 2. The molecule has 2 aromatic rings. The molecule has 0 spiro atoms. The van der Waals surface area contributed by atoms with Crippen LogP contribution in [0.5, 0.6) is 0 Å². The number of hydrogen-bond donors (Lipinski definition) is 1. The minimum atomic E-state index is -0.372. The number of aromatic nitrogens is 3. The summed E-state index contributed by atoms with van der Waals surface area (Å²) in [6.45, 7) is 4.58. The summed E-state index contributed by atoms with van der Waals surface area (Å²) in [4.78, 5) is 26.2. The van der Waals surface area contributed by atoms with Gasteiger partial charge in [-0.05, 0) is 26.0 Å². The summed E-state index contributed by atoms with van der Waals surface area (Å²) < 4.78 is 1.88. The maximum absolute atomic E-state index is 12.8. The summed E-state index contributed by atoms with van der Waals surface area (Å²) in [5.41, 5.74) is 1.38. The van der Waals surface area contributed by atoms with Gasteiger partial charge in [-0.3, -0.25) is 14.5 Å². The average Bonchev–Trinajstić information content (AvgIpc) is 3.00. The number of hydrogen-bond acceptors (Lipinski definition) is 5. The molecule has 120 valence electrons. The van der Waals surface area contributed by atoms with Gasteiger partial charge in [-0.25, -0.2) is 0 Å². The van der Waals surface area contributed by atoms with Crippen LogP contribution in [0.25, 0.3) is 0 Å². The number of nitrogens with zero attached hydrogens (tertiary/aromatic N) is 4. The Morgan fingerprint density at radius 1 is 1.43 bits per heavy atom. The molecule has 0 saturated heterocycles. The van der Waals surface area contributed by atoms with Crippen molar-refractivity contribution < 1.29 is 9.59 Å². The fourth-order valence-electron chi connectivity index (χ4n) is 2.41. The van der Waals surface area contributed by atoms with Crippen molar-refractivity contribution >= 4 is 35.0 Å². The maximum atomic E-state index is 12.8. The standard InChI is InChI=1S/C15H17N5O2S/c1-3-19-9-16-18-15(19)23-10(2)14(22)20-8-13(21)17-11-6-4-5-7-12(11)20/h4-7,9-10H,3,8H2,1-2H3,(H,17,21)/t10-/m0/s1. The zero-order valence-electron chi connectivity index (χ0n) is 12.9. The van der Waals surface area contributed by atoms with Crippen LogP contribution in [0.3, 0.4) is 0 Å². The van der Waals surface area contributed by atoms with E-state index in [1.54, 1.807) is 12.4 Å². The van der Waals surface area contributed by atoms with Crippen LogP contribution >= 0.6 is 11.8 Å². The van der Waals surface area contributed by atoms with Gasteiger partial charge in [0.25, 0.3) is 0 Å². The Bertz CT molecular complexity index is 745. The zero-order chi connectivity index (χ0) is 16.4. The molecule has 3 rings (SSSR count). The highest BCUT2D eigenvalue weighted by molar-refractivity contribution is 8.00. The highest BCUT2D eigenvalue weighted by Gasteiger charge is 2.30. The number of thioether (sulfide) groups is 1. The summed E-state index contributed by atoms with van der Waals surface area (Å²) in [5.74, 6) is -0.311. The summed E-state index contributed by atoms with van der Waals surface area (Å²) in [7, 11) is 0. The maximum Gasteiger partial charge on any atom is 0.244 e. The molecule has 2 amide bonds. The second-order valence-corrected chi connectivity index (χ2v) is 6.46. The van der Waals surface area contributed by atoms with Crippen LogP contribution in [0.4, 0.5) is 11.4 Å². The first-order valence-corrected chi connectivity index (χ1v) is 8.23. The van der Waals surface area contributed by atoms with Crippen molar-refractivity contribution in [2.75, 3.05) is 16.8 Å². The normalized spacial score (nSPS) is 15.0. The van der Waals surface area contributed by atoms with Crippen molar-refractivity contribution in [3.63, 3.8) is 0 Å². The molecule has 2 heterocycles. The Hall–Kier alpha value is -2.35. The van der Waals surface area contributed by atoms with E-state index in [4.69, 9.17) is 0 Å². The van der Waals surface area contributed by atoms with E-state index >= 15 is 0 Å². The summed E-state index contributed by atoms with van der Waals surface area (Å²) in [5, 5.41) is 11.0.